The minimum atomic E-state index is -4.43. The Morgan fingerprint density at radius 3 is 2.50 bits per heavy atom. The molecule has 0 bridgehead atoms. The van der Waals surface area contributed by atoms with Crippen molar-refractivity contribution in [1.82, 2.24) is 0 Å². The quantitative estimate of drug-likeness (QED) is 0.825. The van der Waals surface area contributed by atoms with Crippen LogP contribution in [0.4, 0.5) is 18.9 Å². The van der Waals surface area contributed by atoms with Gasteiger partial charge in [-0.1, -0.05) is 6.07 Å². The summed E-state index contributed by atoms with van der Waals surface area (Å²) >= 11 is 3.87. The third-order valence-electron chi connectivity index (χ3n) is 3.13. The third-order valence-corrected chi connectivity index (χ3v) is 3.40. The van der Waals surface area contributed by atoms with E-state index >= 15 is 0 Å². The largest absolute Gasteiger partial charge is 0.418 e. The van der Waals surface area contributed by atoms with Gasteiger partial charge in [0.05, 0.1) is 18.8 Å². The highest BCUT2D eigenvalue weighted by Crippen LogP contribution is 2.38. The standard InChI is InChI=1S/C13H15F3N2OS/c14-13(15,16)10-7-9(11(17)8-20)1-2-12(10)18-3-5-19-6-4-18/h1-2,7-8,20H,3-6,17H2/b11-8-. The van der Waals surface area contributed by atoms with E-state index < -0.39 is 11.7 Å². The van der Waals surface area contributed by atoms with E-state index in [2.05, 4.69) is 12.6 Å². The van der Waals surface area contributed by atoms with Crippen LogP contribution in [0.3, 0.4) is 0 Å². The highest BCUT2D eigenvalue weighted by atomic mass is 32.1. The van der Waals surface area contributed by atoms with Gasteiger partial charge in [-0.05, 0) is 23.1 Å². The van der Waals surface area contributed by atoms with Crippen LogP contribution >= 0.6 is 12.6 Å². The molecule has 0 amide bonds. The highest BCUT2D eigenvalue weighted by molar-refractivity contribution is 7.83. The molecule has 110 valence electrons. The molecule has 1 saturated heterocycles. The number of hydrogen-bond donors (Lipinski definition) is 2. The van der Waals surface area contributed by atoms with Crippen LogP contribution < -0.4 is 10.6 Å². The van der Waals surface area contributed by atoms with E-state index in [1.807, 2.05) is 0 Å². The third kappa shape index (κ3) is 3.21. The second-order valence-corrected chi connectivity index (χ2v) is 4.67. The lowest BCUT2D eigenvalue weighted by molar-refractivity contribution is -0.137. The van der Waals surface area contributed by atoms with Crippen LogP contribution in [0.5, 0.6) is 0 Å². The molecule has 1 aliphatic rings. The van der Waals surface area contributed by atoms with Gasteiger partial charge in [0.25, 0.3) is 0 Å². The second kappa shape index (κ2) is 5.97. The lowest BCUT2D eigenvalue weighted by atomic mass is 10.0. The van der Waals surface area contributed by atoms with Crippen LogP contribution in [-0.2, 0) is 10.9 Å². The Labute approximate surface area is 120 Å². The van der Waals surface area contributed by atoms with Crippen molar-refractivity contribution in [2.24, 2.45) is 5.73 Å². The molecular weight excluding hydrogens is 289 g/mol. The van der Waals surface area contributed by atoms with Gasteiger partial charge < -0.3 is 15.4 Å². The molecule has 0 saturated carbocycles. The van der Waals surface area contributed by atoms with Crippen molar-refractivity contribution in [3.63, 3.8) is 0 Å². The van der Waals surface area contributed by atoms with E-state index in [0.717, 1.165) is 6.07 Å². The van der Waals surface area contributed by atoms with E-state index in [4.69, 9.17) is 10.5 Å². The number of thiol groups is 1. The van der Waals surface area contributed by atoms with Crippen molar-refractivity contribution in [3.05, 3.63) is 34.7 Å². The molecule has 0 aromatic heterocycles. The number of alkyl halides is 3. The summed E-state index contributed by atoms with van der Waals surface area (Å²) in [5.41, 5.74) is 5.61. The molecule has 0 unspecified atom stereocenters. The molecule has 20 heavy (non-hydrogen) atoms. The van der Waals surface area contributed by atoms with Gasteiger partial charge in [0.1, 0.15) is 0 Å². The van der Waals surface area contributed by atoms with Gasteiger partial charge >= 0.3 is 6.18 Å². The first-order valence-corrected chi connectivity index (χ1v) is 6.59. The smallest absolute Gasteiger partial charge is 0.398 e. The lowest BCUT2D eigenvalue weighted by Crippen LogP contribution is -2.37. The predicted molar refractivity (Wildman–Crippen MR) is 75.6 cm³/mol. The summed E-state index contributed by atoms with van der Waals surface area (Å²) in [6, 6.07) is 4.09. The predicted octanol–water partition coefficient (Wildman–Crippen LogP) is 2.73. The van der Waals surface area contributed by atoms with Crippen molar-refractivity contribution in [2.45, 2.75) is 6.18 Å². The highest BCUT2D eigenvalue weighted by Gasteiger charge is 2.35. The number of morpholine rings is 1. The topological polar surface area (TPSA) is 38.5 Å². The number of nitrogens with zero attached hydrogens (tertiary/aromatic N) is 1. The summed E-state index contributed by atoms with van der Waals surface area (Å²) in [6.07, 6.45) is -4.43. The molecule has 1 aliphatic heterocycles. The van der Waals surface area contributed by atoms with Gasteiger partial charge in [-0.25, -0.2) is 0 Å². The van der Waals surface area contributed by atoms with Crippen molar-refractivity contribution >= 4 is 24.0 Å². The molecule has 1 aromatic carbocycles. The van der Waals surface area contributed by atoms with E-state index in [1.165, 1.54) is 11.5 Å². The zero-order valence-corrected chi connectivity index (χ0v) is 11.5. The number of benzene rings is 1. The molecule has 3 nitrogen and oxygen atoms in total. The maximum Gasteiger partial charge on any atom is 0.418 e. The summed E-state index contributed by atoms with van der Waals surface area (Å²) in [5.74, 6) is 0. The Balaban J connectivity index is 2.45. The van der Waals surface area contributed by atoms with Crippen LogP contribution in [0, 0.1) is 0 Å². The van der Waals surface area contributed by atoms with Crippen LogP contribution in [-0.4, -0.2) is 26.3 Å². The fourth-order valence-electron chi connectivity index (χ4n) is 2.10. The summed E-state index contributed by atoms with van der Waals surface area (Å²) in [6.45, 7) is 1.75. The summed E-state index contributed by atoms with van der Waals surface area (Å²) < 4.78 is 44.8. The van der Waals surface area contributed by atoms with Gasteiger partial charge in [0.2, 0.25) is 0 Å². The first-order valence-electron chi connectivity index (χ1n) is 6.07. The first kappa shape index (κ1) is 15.1. The second-order valence-electron chi connectivity index (χ2n) is 4.41. The molecule has 0 radical (unpaired) electrons. The zero-order valence-electron chi connectivity index (χ0n) is 10.7. The molecule has 7 heteroatoms. The Hall–Kier alpha value is -1.34. The van der Waals surface area contributed by atoms with Gasteiger partial charge in [-0.3, -0.25) is 0 Å². The maximum absolute atomic E-state index is 13.2. The first-order chi connectivity index (χ1) is 9.43. The van der Waals surface area contributed by atoms with Crippen LogP contribution in [0.15, 0.2) is 23.6 Å². The molecule has 1 heterocycles. The molecular formula is C13H15F3N2OS. The Kier molecular flexibility index (Phi) is 4.49. The normalized spacial score (nSPS) is 17.4. The number of ether oxygens (including phenoxy) is 1. The van der Waals surface area contributed by atoms with Crippen LogP contribution in [0.2, 0.25) is 0 Å². The molecule has 0 aliphatic carbocycles. The van der Waals surface area contributed by atoms with Gasteiger partial charge in [0.15, 0.2) is 0 Å². The maximum atomic E-state index is 13.2. The minimum absolute atomic E-state index is 0.163. The minimum Gasteiger partial charge on any atom is -0.398 e. The monoisotopic (exact) mass is 304 g/mol. The SMILES string of the molecule is N/C(=C\S)c1ccc(N2CCOCC2)c(C(F)(F)F)c1. The number of hydrogen-bond acceptors (Lipinski definition) is 4. The average molecular weight is 304 g/mol. The van der Waals surface area contributed by atoms with Crippen LogP contribution in [0.1, 0.15) is 11.1 Å². The molecule has 2 N–H and O–H groups in total. The van der Waals surface area contributed by atoms with Crippen molar-refractivity contribution in [2.75, 3.05) is 31.2 Å². The van der Waals surface area contributed by atoms with Gasteiger partial charge in [0, 0.05) is 24.5 Å². The number of rotatable bonds is 2. The van der Waals surface area contributed by atoms with Crippen molar-refractivity contribution in [3.8, 4) is 0 Å². The van der Waals surface area contributed by atoms with E-state index in [9.17, 15) is 13.2 Å². The van der Waals surface area contributed by atoms with Crippen LogP contribution in [0.25, 0.3) is 5.70 Å². The molecule has 1 fully saturated rings. The molecule has 1 aromatic rings. The number of halogens is 3. The van der Waals surface area contributed by atoms with E-state index in [1.54, 1.807) is 11.0 Å². The van der Waals surface area contributed by atoms with E-state index in [-0.39, 0.29) is 11.4 Å². The average Bonchev–Trinajstić information content (AvgIpc) is 2.46. The molecule has 2 rings (SSSR count). The Bertz CT molecular complexity index is 511. The molecule has 0 spiro atoms. The fourth-order valence-corrected chi connectivity index (χ4v) is 2.25. The zero-order chi connectivity index (χ0) is 14.8. The number of anilines is 1. The summed E-state index contributed by atoms with van der Waals surface area (Å²) in [4.78, 5) is 1.68. The number of nitrogens with two attached hydrogens (primary N) is 1. The summed E-state index contributed by atoms with van der Waals surface area (Å²) in [7, 11) is 0. The fraction of sp³-hybridized carbons (Fsp3) is 0.385. The Morgan fingerprint density at radius 1 is 1.30 bits per heavy atom. The van der Waals surface area contributed by atoms with Crippen molar-refractivity contribution < 1.29 is 17.9 Å². The molecule has 0 atom stereocenters. The summed E-state index contributed by atoms with van der Waals surface area (Å²) in [5, 5.41) is 1.28. The van der Waals surface area contributed by atoms with E-state index in [0.29, 0.717) is 31.9 Å². The van der Waals surface area contributed by atoms with Gasteiger partial charge in [-0.2, -0.15) is 13.2 Å². The lowest BCUT2D eigenvalue weighted by Gasteiger charge is -2.31. The van der Waals surface area contributed by atoms with Gasteiger partial charge in [-0.15, -0.1) is 12.6 Å². The Morgan fingerprint density at radius 2 is 1.95 bits per heavy atom. The van der Waals surface area contributed by atoms with Crippen molar-refractivity contribution in [1.29, 1.82) is 0 Å².